The molecule has 0 aliphatic carbocycles. The van der Waals surface area contributed by atoms with Crippen LogP contribution in [-0.4, -0.2) is 17.8 Å². The third kappa shape index (κ3) is 4.36. The Bertz CT molecular complexity index is 315. The van der Waals surface area contributed by atoms with Crippen molar-refractivity contribution in [1.82, 2.24) is 5.32 Å². The second-order valence-electron chi connectivity index (χ2n) is 3.56. The Kier molecular flexibility index (Phi) is 4.65. The van der Waals surface area contributed by atoms with Crippen LogP contribution in [-0.2, 0) is 6.54 Å². The summed E-state index contributed by atoms with van der Waals surface area (Å²) in [6, 6.07) is 3.82. The van der Waals surface area contributed by atoms with Crippen LogP contribution in [0.5, 0.6) is 0 Å². The van der Waals surface area contributed by atoms with Gasteiger partial charge in [-0.25, -0.2) is 8.78 Å². The number of aliphatic hydroxyl groups is 1. The van der Waals surface area contributed by atoms with Gasteiger partial charge in [-0.15, -0.1) is 0 Å². The highest BCUT2D eigenvalue weighted by Crippen LogP contribution is 2.08. The lowest BCUT2D eigenvalue weighted by Crippen LogP contribution is -2.18. The Morgan fingerprint density at radius 1 is 1.33 bits per heavy atom. The Balaban J connectivity index is 2.35. The first-order valence-corrected chi connectivity index (χ1v) is 4.92. The number of hydrogen-bond acceptors (Lipinski definition) is 2. The second kappa shape index (κ2) is 5.78. The van der Waals surface area contributed by atoms with Crippen LogP contribution in [0.4, 0.5) is 8.78 Å². The summed E-state index contributed by atoms with van der Waals surface area (Å²) in [5, 5.41) is 12.0. The molecule has 0 saturated carbocycles. The van der Waals surface area contributed by atoms with Gasteiger partial charge in [-0.05, 0) is 37.6 Å². The van der Waals surface area contributed by atoms with E-state index in [0.717, 1.165) is 6.07 Å². The van der Waals surface area contributed by atoms with Gasteiger partial charge in [0.1, 0.15) is 0 Å². The Labute approximate surface area is 87.9 Å². The first kappa shape index (κ1) is 12.1. The molecular weight excluding hydrogens is 200 g/mol. The molecule has 0 spiro atoms. The lowest BCUT2D eigenvalue weighted by molar-refractivity contribution is 0.183. The lowest BCUT2D eigenvalue weighted by atomic mass is 10.2. The number of benzene rings is 1. The van der Waals surface area contributed by atoms with Crippen molar-refractivity contribution < 1.29 is 13.9 Å². The van der Waals surface area contributed by atoms with E-state index in [4.69, 9.17) is 5.11 Å². The predicted molar refractivity (Wildman–Crippen MR) is 54.4 cm³/mol. The number of halogens is 2. The summed E-state index contributed by atoms with van der Waals surface area (Å²) in [6.07, 6.45) is 0.298. The van der Waals surface area contributed by atoms with Crippen LogP contribution in [0.2, 0.25) is 0 Å². The fourth-order valence-electron chi connectivity index (χ4n) is 1.19. The standard InChI is InChI=1S/C11H15F2NO/c1-8(15)4-5-14-7-9-2-3-10(12)11(13)6-9/h2-3,6,8,14-15H,4-5,7H2,1H3/t8-/m1/s1. The van der Waals surface area contributed by atoms with Gasteiger partial charge in [-0.2, -0.15) is 0 Å². The molecule has 1 aromatic carbocycles. The Morgan fingerprint density at radius 2 is 2.07 bits per heavy atom. The molecule has 1 aromatic rings. The van der Waals surface area contributed by atoms with Crippen molar-refractivity contribution in [3.8, 4) is 0 Å². The molecule has 0 saturated heterocycles. The van der Waals surface area contributed by atoms with E-state index < -0.39 is 11.6 Å². The molecule has 0 aromatic heterocycles. The minimum absolute atomic E-state index is 0.345. The first-order chi connectivity index (χ1) is 7.09. The van der Waals surface area contributed by atoms with Crippen molar-refractivity contribution in [3.05, 3.63) is 35.4 Å². The first-order valence-electron chi connectivity index (χ1n) is 4.92. The molecule has 2 N–H and O–H groups in total. The number of rotatable bonds is 5. The molecule has 0 aliphatic heterocycles. The molecule has 0 fully saturated rings. The smallest absolute Gasteiger partial charge is 0.159 e. The molecule has 4 heteroatoms. The maximum absolute atomic E-state index is 12.8. The van der Waals surface area contributed by atoms with Gasteiger partial charge in [-0.3, -0.25) is 0 Å². The average molecular weight is 215 g/mol. The molecule has 1 atom stereocenters. The summed E-state index contributed by atoms with van der Waals surface area (Å²) in [4.78, 5) is 0. The van der Waals surface area contributed by atoms with E-state index in [9.17, 15) is 8.78 Å². The van der Waals surface area contributed by atoms with E-state index in [0.29, 0.717) is 25.1 Å². The van der Waals surface area contributed by atoms with Gasteiger partial charge >= 0.3 is 0 Å². The van der Waals surface area contributed by atoms with E-state index in [1.807, 2.05) is 0 Å². The summed E-state index contributed by atoms with van der Waals surface area (Å²) in [7, 11) is 0. The highest BCUT2D eigenvalue weighted by atomic mass is 19.2. The SMILES string of the molecule is C[C@@H](O)CCNCc1ccc(F)c(F)c1. The summed E-state index contributed by atoms with van der Waals surface area (Å²) in [5.74, 6) is -1.66. The largest absolute Gasteiger partial charge is 0.393 e. The summed E-state index contributed by atoms with van der Waals surface area (Å²) in [6.45, 7) is 2.83. The van der Waals surface area contributed by atoms with E-state index in [2.05, 4.69) is 5.32 Å². The third-order valence-corrected chi connectivity index (χ3v) is 2.05. The van der Waals surface area contributed by atoms with E-state index in [1.165, 1.54) is 12.1 Å². The molecule has 2 nitrogen and oxygen atoms in total. The fourth-order valence-corrected chi connectivity index (χ4v) is 1.19. The molecule has 0 radical (unpaired) electrons. The molecule has 0 unspecified atom stereocenters. The molecule has 0 amide bonds. The van der Waals surface area contributed by atoms with Crippen LogP contribution in [0.1, 0.15) is 18.9 Å². The van der Waals surface area contributed by atoms with Crippen LogP contribution in [0.3, 0.4) is 0 Å². The van der Waals surface area contributed by atoms with Crippen LogP contribution in [0.25, 0.3) is 0 Å². The summed E-state index contributed by atoms with van der Waals surface area (Å²) >= 11 is 0. The molecule has 0 heterocycles. The maximum Gasteiger partial charge on any atom is 0.159 e. The van der Waals surface area contributed by atoms with Crippen molar-refractivity contribution in [2.24, 2.45) is 0 Å². The quantitative estimate of drug-likeness (QED) is 0.734. The zero-order valence-electron chi connectivity index (χ0n) is 8.63. The van der Waals surface area contributed by atoms with Gasteiger partial charge < -0.3 is 10.4 Å². The van der Waals surface area contributed by atoms with Crippen molar-refractivity contribution in [1.29, 1.82) is 0 Å². The van der Waals surface area contributed by atoms with E-state index in [1.54, 1.807) is 6.92 Å². The average Bonchev–Trinajstić information content (AvgIpc) is 2.18. The number of aliphatic hydroxyl groups excluding tert-OH is 1. The third-order valence-electron chi connectivity index (χ3n) is 2.05. The topological polar surface area (TPSA) is 32.3 Å². The van der Waals surface area contributed by atoms with Crippen LogP contribution < -0.4 is 5.32 Å². The van der Waals surface area contributed by atoms with E-state index in [-0.39, 0.29) is 6.10 Å². The molecule has 84 valence electrons. The lowest BCUT2D eigenvalue weighted by Gasteiger charge is -2.06. The second-order valence-corrected chi connectivity index (χ2v) is 3.56. The number of hydrogen-bond donors (Lipinski definition) is 2. The van der Waals surface area contributed by atoms with Gasteiger partial charge in [0.25, 0.3) is 0 Å². The zero-order chi connectivity index (χ0) is 11.3. The molecule has 0 bridgehead atoms. The van der Waals surface area contributed by atoms with Crippen LogP contribution in [0, 0.1) is 11.6 Å². The van der Waals surface area contributed by atoms with Gasteiger partial charge in [0, 0.05) is 6.54 Å². The van der Waals surface area contributed by atoms with Gasteiger partial charge in [0.15, 0.2) is 11.6 Å². The molecular formula is C11H15F2NO. The maximum atomic E-state index is 12.8. The predicted octanol–water partition coefficient (Wildman–Crippen LogP) is 1.83. The minimum Gasteiger partial charge on any atom is -0.393 e. The number of nitrogens with one attached hydrogen (secondary N) is 1. The summed E-state index contributed by atoms with van der Waals surface area (Å²) < 4.78 is 25.3. The minimum atomic E-state index is -0.831. The highest BCUT2D eigenvalue weighted by Gasteiger charge is 2.02. The normalized spacial score (nSPS) is 12.8. The van der Waals surface area contributed by atoms with Gasteiger partial charge in [0.05, 0.1) is 6.10 Å². The molecule has 1 rings (SSSR count). The molecule has 0 aliphatic rings. The van der Waals surface area contributed by atoms with Crippen molar-refractivity contribution in [2.75, 3.05) is 6.54 Å². The van der Waals surface area contributed by atoms with Gasteiger partial charge in [0.2, 0.25) is 0 Å². The van der Waals surface area contributed by atoms with E-state index >= 15 is 0 Å². The van der Waals surface area contributed by atoms with Crippen molar-refractivity contribution in [3.63, 3.8) is 0 Å². The van der Waals surface area contributed by atoms with Crippen molar-refractivity contribution >= 4 is 0 Å². The van der Waals surface area contributed by atoms with Crippen molar-refractivity contribution in [2.45, 2.75) is 26.0 Å². The van der Waals surface area contributed by atoms with Crippen LogP contribution in [0.15, 0.2) is 18.2 Å². The van der Waals surface area contributed by atoms with Crippen LogP contribution >= 0.6 is 0 Å². The summed E-state index contributed by atoms with van der Waals surface area (Å²) in [5.41, 5.74) is 0.694. The van der Waals surface area contributed by atoms with Gasteiger partial charge in [-0.1, -0.05) is 6.07 Å². The Morgan fingerprint density at radius 3 is 2.67 bits per heavy atom. The highest BCUT2D eigenvalue weighted by molar-refractivity contribution is 5.17. The Hall–Kier alpha value is -1.00. The fraction of sp³-hybridized carbons (Fsp3) is 0.455. The molecule has 15 heavy (non-hydrogen) atoms. The zero-order valence-corrected chi connectivity index (χ0v) is 8.63. The monoisotopic (exact) mass is 215 g/mol.